The van der Waals surface area contributed by atoms with Crippen LogP contribution in [0.5, 0.6) is 0 Å². The molecule has 3 aromatic rings. The molecule has 21 heavy (non-hydrogen) atoms. The molecular formula is C18H17ClN2. The van der Waals surface area contributed by atoms with Crippen LogP contribution in [0.15, 0.2) is 60.8 Å². The Bertz CT molecular complexity index is 741. The maximum atomic E-state index is 6.23. The quantitative estimate of drug-likeness (QED) is 0.738. The van der Waals surface area contributed by atoms with E-state index in [1.54, 1.807) is 6.20 Å². The minimum absolute atomic E-state index is 0.318. The Morgan fingerprint density at radius 1 is 1.05 bits per heavy atom. The summed E-state index contributed by atoms with van der Waals surface area (Å²) >= 11 is 6.23. The van der Waals surface area contributed by atoms with Crippen molar-refractivity contribution in [1.82, 2.24) is 4.98 Å². The van der Waals surface area contributed by atoms with Crippen LogP contribution in [0.25, 0.3) is 10.9 Å². The summed E-state index contributed by atoms with van der Waals surface area (Å²) in [6, 6.07) is 18.6. The first-order chi connectivity index (χ1) is 10.2. The molecule has 0 aliphatic heterocycles. The Morgan fingerprint density at radius 2 is 1.86 bits per heavy atom. The first kappa shape index (κ1) is 13.9. The highest BCUT2D eigenvalue weighted by atomic mass is 35.5. The third-order valence-corrected chi connectivity index (χ3v) is 3.83. The van der Waals surface area contributed by atoms with E-state index in [-0.39, 0.29) is 0 Å². The van der Waals surface area contributed by atoms with Gasteiger partial charge in [-0.15, -0.1) is 0 Å². The van der Waals surface area contributed by atoms with E-state index in [1.807, 2.05) is 30.3 Å². The van der Waals surface area contributed by atoms with Crippen LogP contribution in [0.4, 0.5) is 5.69 Å². The Labute approximate surface area is 129 Å². The van der Waals surface area contributed by atoms with Gasteiger partial charge in [0.2, 0.25) is 0 Å². The predicted molar refractivity (Wildman–Crippen MR) is 90.0 cm³/mol. The SMILES string of the molecule is CC(Cc1ccccc1)Nc1ccc(Cl)c2cccnc12. The molecule has 0 amide bonds. The lowest BCUT2D eigenvalue weighted by atomic mass is 10.1. The van der Waals surface area contributed by atoms with Crippen molar-refractivity contribution in [3.05, 3.63) is 71.4 Å². The first-order valence-corrected chi connectivity index (χ1v) is 7.45. The van der Waals surface area contributed by atoms with Crippen molar-refractivity contribution in [2.45, 2.75) is 19.4 Å². The van der Waals surface area contributed by atoms with Gasteiger partial charge >= 0.3 is 0 Å². The van der Waals surface area contributed by atoms with Gasteiger partial charge in [0, 0.05) is 17.6 Å². The van der Waals surface area contributed by atoms with Crippen LogP contribution < -0.4 is 5.32 Å². The van der Waals surface area contributed by atoms with Crippen molar-refractivity contribution >= 4 is 28.2 Å². The van der Waals surface area contributed by atoms with E-state index >= 15 is 0 Å². The van der Waals surface area contributed by atoms with Gasteiger partial charge in [0.1, 0.15) is 0 Å². The Balaban J connectivity index is 1.83. The normalized spacial score (nSPS) is 12.3. The lowest BCUT2D eigenvalue weighted by Gasteiger charge is -2.17. The van der Waals surface area contributed by atoms with Crippen LogP contribution in [-0.4, -0.2) is 11.0 Å². The maximum Gasteiger partial charge on any atom is 0.0948 e. The molecule has 3 rings (SSSR count). The van der Waals surface area contributed by atoms with Crippen LogP contribution in [0.3, 0.4) is 0 Å². The molecule has 1 heterocycles. The molecule has 0 aliphatic rings. The minimum atomic E-state index is 0.318. The van der Waals surface area contributed by atoms with E-state index < -0.39 is 0 Å². The summed E-state index contributed by atoms with van der Waals surface area (Å²) in [5.74, 6) is 0. The predicted octanol–water partition coefficient (Wildman–Crippen LogP) is 4.93. The van der Waals surface area contributed by atoms with E-state index in [0.717, 1.165) is 28.0 Å². The number of nitrogens with one attached hydrogen (secondary N) is 1. The van der Waals surface area contributed by atoms with Crippen molar-refractivity contribution in [3.8, 4) is 0 Å². The van der Waals surface area contributed by atoms with E-state index in [9.17, 15) is 0 Å². The molecule has 0 fully saturated rings. The molecule has 2 nitrogen and oxygen atoms in total. The molecule has 106 valence electrons. The van der Waals surface area contributed by atoms with Crippen LogP contribution in [0, 0.1) is 0 Å². The zero-order valence-corrected chi connectivity index (χ0v) is 12.6. The Hall–Kier alpha value is -2.06. The molecule has 1 atom stereocenters. The molecule has 0 radical (unpaired) electrons. The highest BCUT2D eigenvalue weighted by Crippen LogP contribution is 2.28. The van der Waals surface area contributed by atoms with E-state index in [4.69, 9.17) is 11.6 Å². The Kier molecular flexibility index (Phi) is 4.07. The summed E-state index contributed by atoms with van der Waals surface area (Å²) in [6.07, 6.45) is 2.77. The lowest BCUT2D eigenvalue weighted by Crippen LogP contribution is -2.18. The summed E-state index contributed by atoms with van der Waals surface area (Å²) in [4.78, 5) is 4.46. The van der Waals surface area contributed by atoms with Gasteiger partial charge in [-0.2, -0.15) is 0 Å². The van der Waals surface area contributed by atoms with Crippen molar-refractivity contribution in [2.75, 3.05) is 5.32 Å². The number of aromatic nitrogens is 1. The van der Waals surface area contributed by atoms with Gasteiger partial charge in [0.15, 0.2) is 0 Å². The molecule has 1 unspecified atom stereocenters. The molecule has 0 spiro atoms. The zero-order chi connectivity index (χ0) is 14.7. The summed E-state index contributed by atoms with van der Waals surface area (Å²) in [5.41, 5.74) is 3.27. The van der Waals surface area contributed by atoms with Crippen molar-refractivity contribution < 1.29 is 0 Å². The number of rotatable bonds is 4. The Morgan fingerprint density at radius 3 is 2.67 bits per heavy atom. The topological polar surface area (TPSA) is 24.9 Å². The van der Waals surface area contributed by atoms with E-state index in [0.29, 0.717) is 6.04 Å². The third kappa shape index (κ3) is 3.17. The van der Waals surface area contributed by atoms with Gasteiger partial charge < -0.3 is 5.32 Å². The fourth-order valence-electron chi connectivity index (χ4n) is 2.54. The van der Waals surface area contributed by atoms with Crippen LogP contribution in [-0.2, 0) is 6.42 Å². The standard InChI is InChI=1S/C18H17ClN2/c1-13(12-14-6-3-2-4-7-14)21-17-10-9-16(19)15-8-5-11-20-18(15)17/h2-11,13,21H,12H2,1H3. The second kappa shape index (κ2) is 6.15. The monoisotopic (exact) mass is 296 g/mol. The fourth-order valence-corrected chi connectivity index (χ4v) is 2.75. The fraction of sp³-hybridized carbons (Fsp3) is 0.167. The minimum Gasteiger partial charge on any atom is -0.380 e. The van der Waals surface area contributed by atoms with Crippen LogP contribution in [0.1, 0.15) is 12.5 Å². The molecule has 0 saturated heterocycles. The average molecular weight is 297 g/mol. The maximum absolute atomic E-state index is 6.23. The average Bonchev–Trinajstić information content (AvgIpc) is 2.51. The van der Waals surface area contributed by atoms with Gasteiger partial charge in [-0.05, 0) is 43.2 Å². The molecule has 0 saturated carbocycles. The highest BCUT2D eigenvalue weighted by molar-refractivity contribution is 6.35. The van der Waals surface area contributed by atoms with Gasteiger partial charge in [0.05, 0.1) is 16.2 Å². The van der Waals surface area contributed by atoms with Crippen molar-refractivity contribution in [1.29, 1.82) is 0 Å². The lowest BCUT2D eigenvalue weighted by molar-refractivity contribution is 0.791. The van der Waals surface area contributed by atoms with Gasteiger partial charge in [0.25, 0.3) is 0 Å². The zero-order valence-electron chi connectivity index (χ0n) is 11.9. The number of benzene rings is 2. The number of hydrogen-bond acceptors (Lipinski definition) is 2. The number of pyridine rings is 1. The number of halogens is 1. The number of anilines is 1. The molecule has 0 aliphatic carbocycles. The molecule has 1 aromatic heterocycles. The number of fused-ring (bicyclic) bond motifs is 1. The summed E-state index contributed by atoms with van der Waals surface area (Å²) in [7, 11) is 0. The second-order valence-electron chi connectivity index (χ2n) is 5.23. The van der Waals surface area contributed by atoms with Crippen molar-refractivity contribution in [3.63, 3.8) is 0 Å². The molecular weight excluding hydrogens is 280 g/mol. The molecule has 3 heteroatoms. The summed E-state index contributed by atoms with van der Waals surface area (Å²) in [6.45, 7) is 2.18. The largest absolute Gasteiger partial charge is 0.380 e. The van der Waals surface area contributed by atoms with Gasteiger partial charge in [-0.1, -0.05) is 41.9 Å². The summed E-state index contributed by atoms with van der Waals surface area (Å²) < 4.78 is 0. The third-order valence-electron chi connectivity index (χ3n) is 3.50. The van der Waals surface area contributed by atoms with Crippen LogP contribution >= 0.6 is 11.6 Å². The first-order valence-electron chi connectivity index (χ1n) is 7.08. The van der Waals surface area contributed by atoms with Gasteiger partial charge in [-0.3, -0.25) is 4.98 Å². The van der Waals surface area contributed by atoms with Crippen LogP contribution in [0.2, 0.25) is 5.02 Å². The second-order valence-corrected chi connectivity index (χ2v) is 5.64. The number of nitrogens with zero attached hydrogens (tertiary/aromatic N) is 1. The molecule has 1 N–H and O–H groups in total. The van der Waals surface area contributed by atoms with Crippen molar-refractivity contribution in [2.24, 2.45) is 0 Å². The molecule has 2 aromatic carbocycles. The molecule has 0 bridgehead atoms. The summed E-state index contributed by atoms with van der Waals surface area (Å²) in [5, 5.41) is 5.26. The highest BCUT2D eigenvalue weighted by Gasteiger charge is 2.09. The van der Waals surface area contributed by atoms with E-state index in [2.05, 4.69) is 41.5 Å². The number of hydrogen-bond donors (Lipinski definition) is 1. The smallest absolute Gasteiger partial charge is 0.0948 e. The van der Waals surface area contributed by atoms with E-state index in [1.165, 1.54) is 5.56 Å². The van der Waals surface area contributed by atoms with Gasteiger partial charge in [-0.25, -0.2) is 0 Å².